The predicted octanol–water partition coefficient (Wildman–Crippen LogP) is 5.40. The Hall–Kier alpha value is -2.12. The molecule has 15 nitrogen and oxygen atoms in total. The first-order valence-electron chi connectivity index (χ1n) is 22.1. The van der Waals surface area contributed by atoms with Gasteiger partial charge in [-0.05, 0) is 18.6 Å². The number of hydrogen-bond donors (Lipinski definition) is 0. The molecule has 342 valence electrons. The van der Waals surface area contributed by atoms with Crippen LogP contribution < -0.4 is 0 Å². The second kappa shape index (κ2) is 41.2. The summed E-state index contributed by atoms with van der Waals surface area (Å²) in [5, 5.41) is 0. The highest BCUT2D eigenvalue weighted by Crippen LogP contribution is 2.21. The number of unbranched alkanes of at least 4 members (excludes halogenated alkanes) is 9. The summed E-state index contributed by atoms with van der Waals surface area (Å²) in [6, 6.07) is 6.83. The van der Waals surface area contributed by atoms with Crippen molar-refractivity contribution in [2.45, 2.75) is 71.1 Å². The van der Waals surface area contributed by atoms with Crippen LogP contribution in [0, 0.1) is 0 Å². The molecule has 0 radical (unpaired) electrons. The molecule has 1 aromatic carbocycles. The van der Waals surface area contributed by atoms with Gasteiger partial charge in [0.15, 0.2) is 0 Å². The van der Waals surface area contributed by atoms with Crippen molar-refractivity contribution in [2.24, 2.45) is 0 Å². The van der Waals surface area contributed by atoms with Crippen LogP contribution in [0.4, 0.5) is 0 Å². The maximum Gasteiger partial charge on any atom is 0.261 e. The first-order chi connectivity index (χ1) is 29.3. The van der Waals surface area contributed by atoms with Gasteiger partial charge in [-0.3, -0.25) is 14.5 Å². The molecule has 0 aromatic heterocycles. The van der Waals surface area contributed by atoms with Crippen molar-refractivity contribution >= 4 is 11.8 Å². The third-order valence-corrected chi connectivity index (χ3v) is 9.07. The fourth-order valence-electron chi connectivity index (χ4n) is 5.81. The number of hydrogen-bond acceptors (Lipinski definition) is 14. The van der Waals surface area contributed by atoms with E-state index >= 15 is 0 Å². The van der Waals surface area contributed by atoms with Crippen LogP contribution in [0.3, 0.4) is 0 Å². The highest BCUT2D eigenvalue weighted by Gasteiger charge is 2.34. The number of rotatable bonds is 47. The van der Waals surface area contributed by atoms with Gasteiger partial charge in [0.2, 0.25) is 0 Å². The first kappa shape index (κ1) is 53.0. The lowest BCUT2D eigenvalue weighted by atomic mass is 10.1. The number of amides is 2. The average Bonchev–Trinajstić information content (AvgIpc) is 3.49. The Morgan fingerprint density at radius 1 is 0.322 bits per heavy atom. The summed E-state index contributed by atoms with van der Waals surface area (Å²) in [7, 11) is 0. The lowest BCUT2D eigenvalue weighted by Gasteiger charge is -2.13. The third kappa shape index (κ3) is 30.5. The Morgan fingerprint density at radius 2 is 0.559 bits per heavy atom. The third-order valence-electron chi connectivity index (χ3n) is 9.07. The van der Waals surface area contributed by atoms with Crippen molar-refractivity contribution in [3.05, 3.63) is 35.4 Å². The van der Waals surface area contributed by atoms with Gasteiger partial charge in [-0.2, -0.15) is 0 Å². The molecule has 0 aliphatic carbocycles. The van der Waals surface area contributed by atoms with E-state index in [0.717, 1.165) is 13.0 Å². The molecular formula is C44H77NO14. The highest BCUT2D eigenvalue weighted by atomic mass is 16.6. The predicted molar refractivity (Wildman–Crippen MR) is 223 cm³/mol. The summed E-state index contributed by atoms with van der Waals surface area (Å²) >= 11 is 0. The minimum atomic E-state index is -0.277. The van der Waals surface area contributed by atoms with Crippen molar-refractivity contribution < 1.29 is 66.4 Å². The largest absolute Gasteiger partial charge is 0.379 e. The van der Waals surface area contributed by atoms with Crippen LogP contribution in [0.25, 0.3) is 0 Å². The van der Waals surface area contributed by atoms with Gasteiger partial charge in [-0.1, -0.05) is 76.8 Å². The zero-order chi connectivity index (χ0) is 41.9. The minimum absolute atomic E-state index is 0.214. The van der Waals surface area contributed by atoms with Gasteiger partial charge in [-0.25, -0.2) is 0 Å². The Labute approximate surface area is 354 Å². The quantitative estimate of drug-likeness (QED) is 0.0609. The van der Waals surface area contributed by atoms with Crippen molar-refractivity contribution in [2.75, 3.05) is 165 Å². The van der Waals surface area contributed by atoms with Crippen LogP contribution in [0.15, 0.2) is 24.3 Å². The van der Waals surface area contributed by atoms with Crippen LogP contribution in [-0.2, 0) is 56.8 Å². The van der Waals surface area contributed by atoms with E-state index in [1.54, 1.807) is 24.3 Å². The summed E-state index contributed by atoms with van der Waals surface area (Å²) in [6.45, 7) is 14.5. The molecule has 0 bridgehead atoms. The molecule has 1 aliphatic heterocycles. The van der Waals surface area contributed by atoms with E-state index in [4.69, 9.17) is 56.8 Å². The van der Waals surface area contributed by atoms with E-state index in [1.807, 2.05) is 0 Å². The standard InChI is InChI=1S/C44H77NO14/c1-2-3-4-5-6-7-8-9-10-13-17-48-19-21-50-23-25-52-27-29-54-31-33-56-35-37-58-39-40-59-38-36-57-34-32-55-30-28-53-26-24-51-22-20-49-18-16-45-43(46)41-14-11-12-15-42(41)44(45)47/h11-12,14-15H,2-10,13,16-40H2,1H3. The van der Waals surface area contributed by atoms with E-state index in [-0.39, 0.29) is 25.0 Å². The Balaban J connectivity index is 1.13. The van der Waals surface area contributed by atoms with E-state index in [2.05, 4.69) is 6.92 Å². The van der Waals surface area contributed by atoms with E-state index in [9.17, 15) is 9.59 Å². The van der Waals surface area contributed by atoms with Crippen molar-refractivity contribution in [3.8, 4) is 0 Å². The van der Waals surface area contributed by atoms with E-state index in [0.29, 0.717) is 156 Å². The van der Waals surface area contributed by atoms with Crippen LogP contribution >= 0.6 is 0 Å². The first-order valence-corrected chi connectivity index (χ1v) is 22.1. The molecule has 0 spiro atoms. The molecule has 0 atom stereocenters. The molecule has 0 saturated carbocycles. The van der Waals surface area contributed by atoms with Gasteiger partial charge in [0.1, 0.15) is 0 Å². The van der Waals surface area contributed by atoms with Crippen LogP contribution in [0.1, 0.15) is 91.8 Å². The zero-order valence-corrected chi connectivity index (χ0v) is 36.2. The lowest BCUT2D eigenvalue weighted by Crippen LogP contribution is -2.33. The molecule has 15 heteroatoms. The topological polar surface area (TPSA) is 148 Å². The molecule has 1 heterocycles. The minimum Gasteiger partial charge on any atom is -0.379 e. The number of nitrogens with zero attached hydrogens (tertiary/aromatic N) is 1. The number of carbonyl (C=O) groups excluding carboxylic acids is 2. The highest BCUT2D eigenvalue weighted by molar-refractivity contribution is 6.21. The maximum atomic E-state index is 12.3. The molecule has 2 rings (SSSR count). The van der Waals surface area contributed by atoms with Gasteiger partial charge >= 0.3 is 0 Å². The Bertz CT molecular complexity index is 1060. The number of fused-ring (bicyclic) bond motifs is 1. The fraction of sp³-hybridized carbons (Fsp3) is 0.818. The molecule has 2 amide bonds. The van der Waals surface area contributed by atoms with Gasteiger partial charge in [0.05, 0.1) is 170 Å². The van der Waals surface area contributed by atoms with Gasteiger partial charge in [-0.15, -0.1) is 0 Å². The summed E-state index contributed by atoms with van der Waals surface area (Å²) in [6.07, 6.45) is 13.4. The molecule has 0 unspecified atom stereocenters. The number of ether oxygens (including phenoxy) is 12. The van der Waals surface area contributed by atoms with E-state index < -0.39 is 0 Å². The second-order valence-corrected chi connectivity index (χ2v) is 13.8. The summed E-state index contributed by atoms with van der Waals surface area (Å²) in [5.41, 5.74) is 0.885. The van der Waals surface area contributed by atoms with Gasteiger partial charge < -0.3 is 56.8 Å². The molecule has 0 fully saturated rings. The van der Waals surface area contributed by atoms with Crippen LogP contribution in [-0.4, -0.2) is 182 Å². The van der Waals surface area contributed by atoms with Crippen LogP contribution in [0.2, 0.25) is 0 Å². The number of imide groups is 1. The fourth-order valence-corrected chi connectivity index (χ4v) is 5.81. The summed E-state index contributed by atoms with van der Waals surface area (Å²) in [5.74, 6) is -0.554. The molecule has 0 saturated heterocycles. The molecular weight excluding hydrogens is 766 g/mol. The molecule has 0 N–H and O–H groups in total. The zero-order valence-electron chi connectivity index (χ0n) is 36.2. The smallest absolute Gasteiger partial charge is 0.261 e. The molecule has 1 aliphatic rings. The average molecular weight is 844 g/mol. The number of carbonyl (C=O) groups is 2. The summed E-state index contributed by atoms with van der Waals surface area (Å²) < 4.78 is 66.3. The van der Waals surface area contributed by atoms with Crippen molar-refractivity contribution in [1.29, 1.82) is 0 Å². The van der Waals surface area contributed by atoms with Gasteiger partial charge in [0, 0.05) is 6.61 Å². The van der Waals surface area contributed by atoms with E-state index in [1.165, 1.54) is 62.7 Å². The number of benzene rings is 1. The Kier molecular flexibility index (Phi) is 37.1. The normalized spacial score (nSPS) is 12.7. The SMILES string of the molecule is CCCCCCCCCCCCOCCOCCOCCOCCOCCOCCOCCOCCOCCOCCOCCOCCN1C(=O)c2ccccc2C1=O. The van der Waals surface area contributed by atoms with Gasteiger partial charge in [0.25, 0.3) is 11.8 Å². The second-order valence-electron chi connectivity index (χ2n) is 13.8. The lowest BCUT2D eigenvalue weighted by molar-refractivity contribution is -0.0284. The van der Waals surface area contributed by atoms with Crippen molar-refractivity contribution in [3.63, 3.8) is 0 Å². The molecule has 59 heavy (non-hydrogen) atoms. The summed E-state index contributed by atoms with van der Waals surface area (Å²) in [4.78, 5) is 25.9. The Morgan fingerprint density at radius 3 is 0.847 bits per heavy atom. The monoisotopic (exact) mass is 844 g/mol. The van der Waals surface area contributed by atoms with Crippen molar-refractivity contribution in [1.82, 2.24) is 4.90 Å². The molecule has 1 aromatic rings. The maximum absolute atomic E-state index is 12.3. The van der Waals surface area contributed by atoms with Crippen LogP contribution in [0.5, 0.6) is 0 Å².